The van der Waals surface area contributed by atoms with Crippen molar-refractivity contribution in [3.8, 4) is 0 Å². The Morgan fingerprint density at radius 1 is 1.35 bits per heavy atom. The van der Waals surface area contributed by atoms with Crippen LogP contribution >= 0.6 is 0 Å². The van der Waals surface area contributed by atoms with Crippen molar-refractivity contribution < 1.29 is 14.6 Å². The molecule has 1 rings (SSSR count). The highest BCUT2D eigenvalue weighted by atomic mass is 16.5. The van der Waals surface area contributed by atoms with E-state index < -0.39 is 0 Å². The lowest BCUT2D eigenvalue weighted by atomic mass is 9.89. The van der Waals surface area contributed by atoms with Crippen LogP contribution in [0.3, 0.4) is 0 Å². The predicted molar refractivity (Wildman–Crippen MR) is 66.7 cm³/mol. The topological polar surface area (TPSA) is 49.8 Å². The summed E-state index contributed by atoms with van der Waals surface area (Å²) < 4.78 is 5.72. The third-order valence-electron chi connectivity index (χ3n) is 3.49. The molecule has 4 nitrogen and oxygen atoms in total. The van der Waals surface area contributed by atoms with Crippen LogP contribution in [0.25, 0.3) is 0 Å². The minimum atomic E-state index is 0.0175. The highest BCUT2D eigenvalue weighted by molar-refractivity contribution is 5.75. The molecule has 0 unspecified atom stereocenters. The molecule has 1 amide bonds. The summed E-state index contributed by atoms with van der Waals surface area (Å²) in [5, 5.41) is 8.71. The van der Waals surface area contributed by atoms with Crippen molar-refractivity contribution in [1.82, 2.24) is 4.90 Å². The number of amides is 1. The molecule has 100 valence electrons. The summed E-state index contributed by atoms with van der Waals surface area (Å²) in [6, 6.07) is 0. The molecule has 0 aliphatic heterocycles. The van der Waals surface area contributed by atoms with Crippen LogP contribution < -0.4 is 0 Å². The number of aliphatic hydroxyl groups is 1. The second-order valence-electron chi connectivity index (χ2n) is 5.04. The van der Waals surface area contributed by atoms with Gasteiger partial charge in [0, 0.05) is 13.6 Å². The van der Waals surface area contributed by atoms with E-state index in [-0.39, 0.29) is 12.5 Å². The van der Waals surface area contributed by atoms with Gasteiger partial charge in [0.25, 0.3) is 0 Å². The van der Waals surface area contributed by atoms with Crippen LogP contribution in [0.1, 0.15) is 39.0 Å². The Balaban J connectivity index is 2.09. The van der Waals surface area contributed by atoms with Gasteiger partial charge >= 0.3 is 0 Å². The quantitative estimate of drug-likeness (QED) is 0.767. The first-order chi connectivity index (χ1) is 8.13. The first kappa shape index (κ1) is 14.5. The number of rotatable bonds is 6. The van der Waals surface area contributed by atoms with E-state index >= 15 is 0 Å². The van der Waals surface area contributed by atoms with Gasteiger partial charge in [0.15, 0.2) is 0 Å². The number of ether oxygens (including phenoxy) is 1. The first-order valence-electron chi connectivity index (χ1n) is 6.60. The van der Waals surface area contributed by atoms with Crippen molar-refractivity contribution in [3.63, 3.8) is 0 Å². The molecule has 1 fully saturated rings. The Morgan fingerprint density at radius 2 is 2.00 bits per heavy atom. The summed E-state index contributed by atoms with van der Waals surface area (Å²) in [5.74, 6) is 0.871. The third kappa shape index (κ3) is 5.50. The van der Waals surface area contributed by atoms with Crippen LogP contribution in [0.2, 0.25) is 0 Å². The molecule has 0 saturated heterocycles. The average molecular weight is 243 g/mol. The molecule has 1 N–H and O–H groups in total. The molecule has 17 heavy (non-hydrogen) atoms. The van der Waals surface area contributed by atoms with Gasteiger partial charge in [-0.3, -0.25) is 4.79 Å². The van der Waals surface area contributed by atoms with Crippen LogP contribution in [0.4, 0.5) is 0 Å². The van der Waals surface area contributed by atoms with E-state index in [1.54, 1.807) is 11.9 Å². The Labute approximate surface area is 104 Å². The first-order valence-corrected chi connectivity index (χ1v) is 6.60. The lowest BCUT2D eigenvalue weighted by molar-refractivity contribution is -0.132. The summed E-state index contributed by atoms with van der Waals surface area (Å²) >= 11 is 0. The molecule has 0 atom stereocenters. The summed E-state index contributed by atoms with van der Waals surface area (Å²) in [6.07, 6.45) is 5.50. The third-order valence-corrected chi connectivity index (χ3v) is 3.49. The van der Waals surface area contributed by atoms with Crippen molar-refractivity contribution >= 4 is 5.91 Å². The molecule has 1 aliphatic rings. The zero-order valence-electron chi connectivity index (χ0n) is 11.0. The zero-order valence-corrected chi connectivity index (χ0v) is 11.0. The van der Waals surface area contributed by atoms with Crippen LogP contribution in [0.5, 0.6) is 0 Å². The molecule has 0 bridgehead atoms. The smallest absolute Gasteiger partial charge is 0.224 e. The maximum Gasteiger partial charge on any atom is 0.224 e. The maximum absolute atomic E-state index is 11.6. The van der Waals surface area contributed by atoms with Crippen LogP contribution in [0, 0.1) is 5.92 Å². The number of nitrogens with zero attached hydrogens (tertiary/aromatic N) is 1. The zero-order chi connectivity index (χ0) is 12.7. The van der Waals surface area contributed by atoms with Gasteiger partial charge in [-0.2, -0.15) is 0 Å². The van der Waals surface area contributed by atoms with Crippen molar-refractivity contribution in [2.75, 3.05) is 26.8 Å². The van der Waals surface area contributed by atoms with Gasteiger partial charge in [-0.1, -0.05) is 6.92 Å². The number of hydrogen-bond donors (Lipinski definition) is 1. The van der Waals surface area contributed by atoms with Gasteiger partial charge < -0.3 is 14.7 Å². The number of carbonyl (C=O) groups excluding carboxylic acids is 1. The summed E-state index contributed by atoms with van der Waals surface area (Å²) in [7, 11) is 1.71. The van der Waals surface area contributed by atoms with Crippen LogP contribution in [-0.2, 0) is 9.53 Å². The van der Waals surface area contributed by atoms with Crippen LogP contribution in [-0.4, -0.2) is 48.8 Å². The molecule has 1 saturated carbocycles. The second kappa shape index (κ2) is 7.67. The monoisotopic (exact) mass is 243 g/mol. The molecule has 1 aliphatic carbocycles. The summed E-state index contributed by atoms with van der Waals surface area (Å²) in [5.41, 5.74) is 0. The molecule has 0 heterocycles. The van der Waals surface area contributed by atoms with E-state index in [0.717, 1.165) is 18.8 Å². The number of aliphatic hydroxyl groups excluding tert-OH is 1. The minimum absolute atomic E-state index is 0.0175. The van der Waals surface area contributed by atoms with Gasteiger partial charge in [-0.05, 0) is 31.6 Å². The van der Waals surface area contributed by atoms with Crippen molar-refractivity contribution in [1.29, 1.82) is 0 Å². The van der Waals surface area contributed by atoms with E-state index in [4.69, 9.17) is 9.84 Å². The molecule has 0 aromatic rings. The molecule has 0 radical (unpaired) electrons. The SMILES string of the molecule is CC1CCC(OCCC(=O)N(C)CCO)CC1. The van der Waals surface area contributed by atoms with Gasteiger partial charge in [0.05, 0.1) is 25.7 Å². The van der Waals surface area contributed by atoms with E-state index in [2.05, 4.69) is 6.92 Å². The van der Waals surface area contributed by atoms with Crippen LogP contribution in [0.15, 0.2) is 0 Å². The Kier molecular flexibility index (Phi) is 6.52. The van der Waals surface area contributed by atoms with Crippen molar-refractivity contribution in [3.05, 3.63) is 0 Å². The summed E-state index contributed by atoms with van der Waals surface area (Å²) in [4.78, 5) is 13.1. The Morgan fingerprint density at radius 3 is 2.59 bits per heavy atom. The summed E-state index contributed by atoms with van der Waals surface area (Å²) in [6.45, 7) is 3.21. The second-order valence-corrected chi connectivity index (χ2v) is 5.04. The van der Waals surface area contributed by atoms with E-state index in [1.165, 1.54) is 12.8 Å². The van der Waals surface area contributed by atoms with E-state index in [0.29, 0.717) is 25.7 Å². The largest absolute Gasteiger partial charge is 0.395 e. The molecule has 0 spiro atoms. The standard InChI is InChI=1S/C13H25NO3/c1-11-3-5-12(6-4-11)17-10-7-13(16)14(2)8-9-15/h11-12,15H,3-10H2,1-2H3. The molecule has 0 aromatic heterocycles. The highest BCUT2D eigenvalue weighted by Gasteiger charge is 2.18. The predicted octanol–water partition coefficient (Wildman–Crippen LogP) is 1.42. The fourth-order valence-corrected chi connectivity index (χ4v) is 2.17. The van der Waals surface area contributed by atoms with E-state index in [9.17, 15) is 4.79 Å². The molecular weight excluding hydrogens is 218 g/mol. The lowest BCUT2D eigenvalue weighted by Gasteiger charge is -2.26. The lowest BCUT2D eigenvalue weighted by Crippen LogP contribution is -2.31. The minimum Gasteiger partial charge on any atom is -0.395 e. The normalized spacial score (nSPS) is 24.6. The average Bonchev–Trinajstić information content (AvgIpc) is 2.32. The molecular formula is C13H25NO3. The maximum atomic E-state index is 11.6. The molecule has 4 heteroatoms. The van der Waals surface area contributed by atoms with Gasteiger partial charge in [-0.25, -0.2) is 0 Å². The van der Waals surface area contributed by atoms with Gasteiger partial charge in [-0.15, -0.1) is 0 Å². The fourth-order valence-electron chi connectivity index (χ4n) is 2.17. The number of likely N-dealkylation sites (N-methyl/N-ethyl adjacent to an activating group) is 1. The Hall–Kier alpha value is -0.610. The molecule has 0 aromatic carbocycles. The highest BCUT2D eigenvalue weighted by Crippen LogP contribution is 2.25. The fraction of sp³-hybridized carbons (Fsp3) is 0.923. The van der Waals surface area contributed by atoms with Crippen molar-refractivity contribution in [2.45, 2.75) is 45.1 Å². The Bertz CT molecular complexity index is 225. The number of carbonyl (C=O) groups is 1. The van der Waals surface area contributed by atoms with E-state index in [1.807, 2.05) is 0 Å². The van der Waals surface area contributed by atoms with Gasteiger partial charge in [0.2, 0.25) is 5.91 Å². The van der Waals surface area contributed by atoms with Gasteiger partial charge in [0.1, 0.15) is 0 Å². The van der Waals surface area contributed by atoms with Crippen molar-refractivity contribution in [2.24, 2.45) is 5.92 Å². The number of hydrogen-bond acceptors (Lipinski definition) is 3.